The fourth-order valence-corrected chi connectivity index (χ4v) is 1.65. The van der Waals surface area contributed by atoms with Gasteiger partial charge in [-0.2, -0.15) is 18.4 Å². The number of pyridine rings is 1. The van der Waals surface area contributed by atoms with Gasteiger partial charge in [0, 0.05) is 0 Å². The molecule has 1 aromatic heterocycles. The molecule has 0 saturated carbocycles. The first-order chi connectivity index (χ1) is 9.40. The molecule has 0 aliphatic heterocycles. The third-order valence-electron chi connectivity index (χ3n) is 2.33. The Balaban J connectivity index is 2.28. The van der Waals surface area contributed by atoms with Gasteiger partial charge in [0.1, 0.15) is 23.3 Å². The van der Waals surface area contributed by atoms with E-state index in [2.05, 4.69) is 4.98 Å². The first-order valence-electron chi connectivity index (χ1n) is 5.31. The Morgan fingerprint density at radius 1 is 1.15 bits per heavy atom. The van der Waals surface area contributed by atoms with Gasteiger partial charge in [-0.05, 0) is 30.3 Å². The van der Waals surface area contributed by atoms with Crippen LogP contribution in [-0.2, 0) is 6.18 Å². The first kappa shape index (κ1) is 14.2. The number of nitriles is 1. The number of hydrogen-bond acceptors (Lipinski definition) is 3. The Kier molecular flexibility index (Phi) is 3.81. The Hall–Kier alpha value is -2.26. The molecule has 0 spiro atoms. The van der Waals surface area contributed by atoms with E-state index in [4.69, 9.17) is 21.6 Å². The SMILES string of the molecule is N#Cc1ccc(Oc2ccc(Cl)c(C(F)(F)F)c2)cn1. The zero-order valence-electron chi connectivity index (χ0n) is 9.78. The van der Waals surface area contributed by atoms with Crippen molar-refractivity contribution in [1.29, 1.82) is 5.26 Å². The molecule has 0 radical (unpaired) electrons. The van der Waals surface area contributed by atoms with Crippen LogP contribution in [0.4, 0.5) is 13.2 Å². The van der Waals surface area contributed by atoms with E-state index >= 15 is 0 Å². The van der Waals surface area contributed by atoms with Crippen LogP contribution < -0.4 is 4.74 Å². The molecule has 0 aliphatic rings. The molecular formula is C13H6ClF3N2O. The van der Waals surface area contributed by atoms with Gasteiger partial charge in [-0.3, -0.25) is 0 Å². The minimum Gasteiger partial charge on any atom is -0.456 e. The van der Waals surface area contributed by atoms with Gasteiger partial charge < -0.3 is 4.74 Å². The summed E-state index contributed by atoms with van der Waals surface area (Å²) in [6, 6.07) is 7.89. The number of aromatic nitrogens is 1. The standard InChI is InChI=1S/C13H6ClF3N2O/c14-12-4-3-9(5-11(12)13(15,16)17)20-10-2-1-8(6-18)19-7-10/h1-5,7H. The van der Waals surface area contributed by atoms with E-state index in [0.717, 1.165) is 12.1 Å². The van der Waals surface area contributed by atoms with E-state index < -0.39 is 16.8 Å². The number of rotatable bonds is 2. The highest BCUT2D eigenvalue weighted by Gasteiger charge is 2.33. The van der Waals surface area contributed by atoms with Crippen molar-refractivity contribution in [1.82, 2.24) is 4.98 Å². The maximum atomic E-state index is 12.7. The molecule has 20 heavy (non-hydrogen) atoms. The molecule has 0 amide bonds. The summed E-state index contributed by atoms with van der Waals surface area (Å²) >= 11 is 5.50. The summed E-state index contributed by atoms with van der Waals surface area (Å²) in [5.74, 6) is 0.202. The normalized spacial score (nSPS) is 10.9. The maximum Gasteiger partial charge on any atom is 0.417 e. The van der Waals surface area contributed by atoms with Crippen molar-refractivity contribution >= 4 is 11.6 Å². The number of benzene rings is 1. The lowest BCUT2D eigenvalue weighted by Gasteiger charge is -2.11. The zero-order chi connectivity index (χ0) is 14.8. The lowest BCUT2D eigenvalue weighted by atomic mass is 10.2. The molecular weight excluding hydrogens is 293 g/mol. The van der Waals surface area contributed by atoms with Crippen LogP contribution in [0.3, 0.4) is 0 Å². The van der Waals surface area contributed by atoms with E-state index in [-0.39, 0.29) is 17.2 Å². The molecule has 2 rings (SSSR count). The van der Waals surface area contributed by atoms with Gasteiger partial charge in [0.2, 0.25) is 0 Å². The summed E-state index contributed by atoms with van der Waals surface area (Å²) in [5.41, 5.74) is -0.789. The predicted molar refractivity (Wildman–Crippen MR) is 65.5 cm³/mol. The van der Waals surface area contributed by atoms with Crippen molar-refractivity contribution in [2.45, 2.75) is 6.18 Å². The maximum absolute atomic E-state index is 12.7. The van der Waals surface area contributed by atoms with Crippen LogP contribution >= 0.6 is 11.6 Å². The highest BCUT2D eigenvalue weighted by Crippen LogP contribution is 2.37. The van der Waals surface area contributed by atoms with Gasteiger partial charge in [-0.15, -0.1) is 0 Å². The largest absolute Gasteiger partial charge is 0.456 e. The number of nitrogens with zero attached hydrogens (tertiary/aromatic N) is 2. The molecule has 2 aromatic rings. The van der Waals surface area contributed by atoms with E-state index in [0.29, 0.717) is 0 Å². The Morgan fingerprint density at radius 3 is 2.40 bits per heavy atom. The summed E-state index contributed by atoms with van der Waals surface area (Å²) in [7, 11) is 0. The third-order valence-corrected chi connectivity index (χ3v) is 2.66. The molecule has 0 bridgehead atoms. The fraction of sp³-hybridized carbons (Fsp3) is 0.0769. The summed E-state index contributed by atoms with van der Waals surface area (Å²) in [6.45, 7) is 0. The quantitative estimate of drug-likeness (QED) is 0.824. The molecule has 1 heterocycles. The number of halogens is 4. The van der Waals surface area contributed by atoms with Gasteiger partial charge in [-0.25, -0.2) is 4.98 Å². The Labute approximate surface area is 117 Å². The zero-order valence-corrected chi connectivity index (χ0v) is 10.5. The lowest BCUT2D eigenvalue weighted by molar-refractivity contribution is -0.137. The highest BCUT2D eigenvalue weighted by atomic mass is 35.5. The van der Waals surface area contributed by atoms with E-state index in [9.17, 15) is 13.2 Å². The van der Waals surface area contributed by atoms with Crippen molar-refractivity contribution < 1.29 is 17.9 Å². The summed E-state index contributed by atoms with van der Waals surface area (Å²) in [6.07, 6.45) is -3.31. The van der Waals surface area contributed by atoms with Crippen LogP contribution in [-0.4, -0.2) is 4.98 Å². The van der Waals surface area contributed by atoms with Crippen molar-refractivity contribution in [2.24, 2.45) is 0 Å². The van der Waals surface area contributed by atoms with Crippen molar-refractivity contribution in [3.63, 3.8) is 0 Å². The van der Waals surface area contributed by atoms with Crippen molar-refractivity contribution in [3.8, 4) is 17.6 Å². The van der Waals surface area contributed by atoms with Gasteiger partial charge in [0.25, 0.3) is 0 Å². The minimum atomic E-state index is -4.56. The lowest BCUT2D eigenvalue weighted by Crippen LogP contribution is -2.05. The first-order valence-corrected chi connectivity index (χ1v) is 5.68. The average molecular weight is 299 g/mol. The minimum absolute atomic E-state index is 0.0202. The molecule has 0 atom stereocenters. The van der Waals surface area contributed by atoms with Gasteiger partial charge in [0.05, 0.1) is 16.8 Å². The predicted octanol–water partition coefficient (Wildman–Crippen LogP) is 4.42. The molecule has 102 valence electrons. The third kappa shape index (κ3) is 3.19. The molecule has 1 aromatic carbocycles. The second-order valence-corrected chi connectivity index (χ2v) is 4.14. The molecule has 0 unspecified atom stereocenters. The van der Waals surface area contributed by atoms with Gasteiger partial charge >= 0.3 is 6.18 Å². The second kappa shape index (κ2) is 5.39. The highest BCUT2D eigenvalue weighted by molar-refractivity contribution is 6.31. The Morgan fingerprint density at radius 2 is 1.85 bits per heavy atom. The van der Waals surface area contributed by atoms with Crippen molar-refractivity contribution in [3.05, 3.63) is 52.8 Å². The number of ether oxygens (including phenoxy) is 1. The van der Waals surface area contributed by atoms with Crippen LogP contribution in [0.5, 0.6) is 11.5 Å². The van der Waals surface area contributed by atoms with E-state index in [1.165, 1.54) is 24.4 Å². The fourth-order valence-electron chi connectivity index (χ4n) is 1.43. The van der Waals surface area contributed by atoms with Crippen LogP contribution in [0.25, 0.3) is 0 Å². The molecule has 0 aliphatic carbocycles. The van der Waals surface area contributed by atoms with Crippen LogP contribution in [0.15, 0.2) is 36.5 Å². The summed E-state index contributed by atoms with van der Waals surface area (Å²) in [4.78, 5) is 3.75. The number of hydrogen-bond donors (Lipinski definition) is 0. The van der Waals surface area contributed by atoms with Crippen LogP contribution in [0.1, 0.15) is 11.3 Å². The monoisotopic (exact) mass is 298 g/mol. The average Bonchev–Trinajstić information content (AvgIpc) is 2.40. The van der Waals surface area contributed by atoms with Gasteiger partial charge in [0.15, 0.2) is 0 Å². The second-order valence-electron chi connectivity index (χ2n) is 3.73. The smallest absolute Gasteiger partial charge is 0.417 e. The van der Waals surface area contributed by atoms with Crippen LogP contribution in [0, 0.1) is 11.3 Å². The van der Waals surface area contributed by atoms with Gasteiger partial charge in [-0.1, -0.05) is 11.6 Å². The molecule has 0 saturated heterocycles. The topological polar surface area (TPSA) is 45.9 Å². The molecule has 3 nitrogen and oxygen atoms in total. The Bertz CT molecular complexity index is 663. The number of alkyl halides is 3. The molecule has 0 fully saturated rings. The van der Waals surface area contributed by atoms with Crippen molar-refractivity contribution in [2.75, 3.05) is 0 Å². The molecule has 7 heteroatoms. The van der Waals surface area contributed by atoms with E-state index in [1.807, 2.05) is 6.07 Å². The molecule has 0 N–H and O–H groups in total. The van der Waals surface area contributed by atoms with Crippen LogP contribution in [0.2, 0.25) is 5.02 Å². The summed E-state index contributed by atoms with van der Waals surface area (Å²) in [5, 5.41) is 8.18. The summed E-state index contributed by atoms with van der Waals surface area (Å²) < 4.78 is 43.3. The van der Waals surface area contributed by atoms with E-state index in [1.54, 1.807) is 0 Å².